The molecule has 3 aromatic rings. The predicted octanol–water partition coefficient (Wildman–Crippen LogP) is 3.27. The van der Waals surface area contributed by atoms with Gasteiger partial charge in [0.1, 0.15) is 5.75 Å². The standard InChI is InChI=1S/C26H30N4O2/c1-29-23-12-11-21(27-16-19-8-5-6-10-24(19)32-2)15-22(23)25(28-29)26(31)30-14-13-18-7-3-4-9-20(18)17-30/h3-10,21,27H,11-17H2,1-2H3. The Morgan fingerprint density at radius 1 is 1.12 bits per heavy atom. The number of amides is 1. The number of rotatable bonds is 5. The lowest BCUT2D eigenvalue weighted by molar-refractivity contribution is 0.0726. The highest BCUT2D eigenvalue weighted by molar-refractivity contribution is 5.94. The number of benzene rings is 2. The van der Waals surface area contributed by atoms with E-state index in [2.05, 4.69) is 34.7 Å². The lowest BCUT2D eigenvalue weighted by atomic mass is 9.90. The summed E-state index contributed by atoms with van der Waals surface area (Å²) >= 11 is 0. The van der Waals surface area contributed by atoms with Crippen molar-refractivity contribution in [1.29, 1.82) is 0 Å². The molecule has 0 spiro atoms. The predicted molar refractivity (Wildman–Crippen MR) is 124 cm³/mol. The van der Waals surface area contributed by atoms with Crippen LogP contribution in [0.1, 0.15) is 44.9 Å². The van der Waals surface area contributed by atoms with Gasteiger partial charge in [-0.2, -0.15) is 5.10 Å². The molecule has 32 heavy (non-hydrogen) atoms. The fraction of sp³-hybridized carbons (Fsp3) is 0.385. The van der Waals surface area contributed by atoms with E-state index in [1.807, 2.05) is 40.9 Å². The fourth-order valence-electron chi connectivity index (χ4n) is 5.06. The number of aryl methyl sites for hydroxylation is 1. The van der Waals surface area contributed by atoms with Crippen LogP contribution in [0.3, 0.4) is 0 Å². The van der Waals surface area contributed by atoms with Gasteiger partial charge >= 0.3 is 0 Å². The summed E-state index contributed by atoms with van der Waals surface area (Å²) in [6.07, 6.45) is 3.69. The summed E-state index contributed by atoms with van der Waals surface area (Å²) in [5.74, 6) is 0.959. The Balaban J connectivity index is 1.31. The van der Waals surface area contributed by atoms with Crippen molar-refractivity contribution < 1.29 is 9.53 Å². The maximum absolute atomic E-state index is 13.5. The van der Waals surface area contributed by atoms with Gasteiger partial charge in [0.2, 0.25) is 0 Å². The molecule has 1 aliphatic carbocycles. The molecule has 1 aliphatic heterocycles. The normalized spacial score (nSPS) is 17.6. The van der Waals surface area contributed by atoms with Crippen LogP contribution in [0.4, 0.5) is 0 Å². The molecule has 2 heterocycles. The van der Waals surface area contributed by atoms with Crippen LogP contribution in [0.15, 0.2) is 48.5 Å². The Morgan fingerprint density at radius 3 is 2.75 bits per heavy atom. The number of ether oxygens (including phenoxy) is 1. The van der Waals surface area contributed by atoms with Crippen LogP contribution >= 0.6 is 0 Å². The molecule has 6 heteroatoms. The molecule has 0 saturated heterocycles. The van der Waals surface area contributed by atoms with E-state index >= 15 is 0 Å². The third kappa shape index (κ3) is 3.91. The van der Waals surface area contributed by atoms with Gasteiger partial charge in [-0.25, -0.2) is 0 Å². The number of hydrogen-bond donors (Lipinski definition) is 1. The molecule has 6 nitrogen and oxygen atoms in total. The third-order valence-corrected chi connectivity index (χ3v) is 6.85. The summed E-state index contributed by atoms with van der Waals surface area (Å²) in [7, 11) is 3.67. The monoisotopic (exact) mass is 430 g/mol. The van der Waals surface area contributed by atoms with Gasteiger partial charge in [-0.1, -0.05) is 42.5 Å². The third-order valence-electron chi connectivity index (χ3n) is 6.85. The first-order valence-corrected chi connectivity index (χ1v) is 11.4. The number of nitrogens with zero attached hydrogens (tertiary/aromatic N) is 3. The Labute approximate surface area is 189 Å². The Kier molecular flexibility index (Phi) is 5.70. The van der Waals surface area contributed by atoms with Gasteiger partial charge in [0.05, 0.1) is 7.11 Å². The molecule has 0 bridgehead atoms. The van der Waals surface area contributed by atoms with Crippen LogP contribution in [0.25, 0.3) is 0 Å². The van der Waals surface area contributed by atoms with E-state index in [1.165, 1.54) is 16.8 Å². The Bertz CT molecular complexity index is 1140. The van der Waals surface area contributed by atoms with Crippen molar-refractivity contribution in [2.45, 2.75) is 44.8 Å². The molecule has 1 amide bonds. The summed E-state index contributed by atoms with van der Waals surface area (Å²) in [6, 6.07) is 16.8. The number of carbonyl (C=O) groups is 1. The lowest BCUT2D eigenvalue weighted by Gasteiger charge is -2.29. The minimum absolute atomic E-state index is 0.0572. The second-order valence-electron chi connectivity index (χ2n) is 8.78. The van der Waals surface area contributed by atoms with Gasteiger partial charge in [0.15, 0.2) is 5.69 Å². The number of nitrogens with one attached hydrogen (secondary N) is 1. The Hall–Kier alpha value is -3.12. The molecular weight excluding hydrogens is 400 g/mol. The molecule has 0 fully saturated rings. The average Bonchev–Trinajstić information content (AvgIpc) is 3.17. The van der Waals surface area contributed by atoms with Gasteiger partial charge in [0.25, 0.3) is 5.91 Å². The first-order chi connectivity index (χ1) is 15.6. The van der Waals surface area contributed by atoms with Crippen LogP contribution in [-0.4, -0.2) is 40.3 Å². The highest BCUT2D eigenvalue weighted by Gasteiger charge is 2.31. The van der Waals surface area contributed by atoms with Crippen LogP contribution in [0.2, 0.25) is 0 Å². The maximum atomic E-state index is 13.5. The summed E-state index contributed by atoms with van der Waals surface area (Å²) in [5.41, 5.74) is 6.68. The van der Waals surface area contributed by atoms with Gasteiger partial charge in [-0.3, -0.25) is 9.48 Å². The van der Waals surface area contributed by atoms with Crippen molar-refractivity contribution >= 4 is 5.91 Å². The highest BCUT2D eigenvalue weighted by atomic mass is 16.5. The summed E-state index contributed by atoms with van der Waals surface area (Å²) in [6.45, 7) is 2.16. The van der Waals surface area contributed by atoms with Gasteiger partial charge in [-0.15, -0.1) is 0 Å². The van der Waals surface area contributed by atoms with Crippen molar-refractivity contribution in [3.8, 4) is 5.75 Å². The quantitative estimate of drug-likeness (QED) is 0.675. The van der Waals surface area contributed by atoms with Crippen LogP contribution in [0, 0.1) is 0 Å². The molecule has 2 aliphatic rings. The van der Waals surface area contributed by atoms with E-state index < -0.39 is 0 Å². The topological polar surface area (TPSA) is 59.4 Å². The Morgan fingerprint density at radius 2 is 1.91 bits per heavy atom. The highest BCUT2D eigenvalue weighted by Crippen LogP contribution is 2.28. The van der Waals surface area contributed by atoms with Gasteiger partial charge in [-0.05, 0) is 42.9 Å². The second-order valence-corrected chi connectivity index (χ2v) is 8.78. The van der Waals surface area contributed by atoms with E-state index in [0.29, 0.717) is 18.3 Å². The SMILES string of the molecule is COc1ccccc1CNC1CCc2c(c(C(=O)N3CCc4ccccc4C3)nn2C)C1. The van der Waals surface area contributed by atoms with E-state index in [4.69, 9.17) is 4.74 Å². The summed E-state index contributed by atoms with van der Waals surface area (Å²) < 4.78 is 7.40. The molecular formula is C26H30N4O2. The average molecular weight is 431 g/mol. The van der Waals surface area contributed by atoms with E-state index in [-0.39, 0.29) is 5.91 Å². The summed E-state index contributed by atoms with van der Waals surface area (Å²) in [4.78, 5) is 15.4. The van der Waals surface area contributed by atoms with E-state index in [1.54, 1.807) is 7.11 Å². The van der Waals surface area contributed by atoms with Gasteiger partial charge in [0, 0.05) is 49.5 Å². The molecule has 2 aromatic carbocycles. The molecule has 166 valence electrons. The molecule has 5 rings (SSSR count). The number of carbonyl (C=O) groups excluding carboxylic acids is 1. The van der Waals surface area contributed by atoms with Crippen LogP contribution in [0.5, 0.6) is 5.75 Å². The number of hydrogen-bond acceptors (Lipinski definition) is 4. The zero-order chi connectivity index (χ0) is 22.1. The number of aromatic nitrogens is 2. The van der Waals surface area contributed by atoms with E-state index in [0.717, 1.165) is 55.6 Å². The number of methoxy groups -OCH3 is 1. The largest absolute Gasteiger partial charge is 0.496 e. The molecule has 1 unspecified atom stereocenters. The molecule has 1 atom stereocenters. The van der Waals surface area contributed by atoms with Crippen LogP contribution < -0.4 is 10.1 Å². The first-order valence-electron chi connectivity index (χ1n) is 11.4. The van der Waals surface area contributed by atoms with Crippen molar-refractivity contribution in [1.82, 2.24) is 20.0 Å². The minimum Gasteiger partial charge on any atom is -0.496 e. The number of fused-ring (bicyclic) bond motifs is 2. The smallest absolute Gasteiger partial charge is 0.274 e. The molecule has 1 N–H and O–H groups in total. The van der Waals surface area contributed by atoms with Crippen molar-refractivity contribution in [3.63, 3.8) is 0 Å². The van der Waals surface area contributed by atoms with Crippen molar-refractivity contribution in [2.75, 3.05) is 13.7 Å². The summed E-state index contributed by atoms with van der Waals surface area (Å²) in [5, 5.41) is 8.36. The second kappa shape index (κ2) is 8.79. The molecule has 0 saturated carbocycles. The first kappa shape index (κ1) is 20.8. The van der Waals surface area contributed by atoms with E-state index in [9.17, 15) is 4.79 Å². The van der Waals surface area contributed by atoms with Crippen molar-refractivity contribution in [2.24, 2.45) is 7.05 Å². The zero-order valence-electron chi connectivity index (χ0n) is 18.8. The minimum atomic E-state index is 0.0572. The lowest BCUT2D eigenvalue weighted by Crippen LogP contribution is -2.38. The molecule has 1 aromatic heterocycles. The number of para-hydroxylation sites is 1. The maximum Gasteiger partial charge on any atom is 0.274 e. The fourth-order valence-corrected chi connectivity index (χ4v) is 5.06. The molecule has 0 radical (unpaired) electrons. The van der Waals surface area contributed by atoms with Gasteiger partial charge < -0.3 is 15.0 Å². The van der Waals surface area contributed by atoms with Crippen LogP contribution in [-0.2, 0) is 39.4 Å². The van der Waals surface area contributed by atoms with Crippen molar-refractivity contribution in [3.05, 3.63) is 82.2 Å². The zero-order valence-corrected chi connectivity index (χ0v) is 18.8.